The Hall–Kier alpha value is -0.960. The Balaban J connectivity index is 2.22. The van der Waals surface area contributed by atoms with Crippen LogP contribution in [0, 0.1) is 6.92 Å². The van der Waals surface area contributed by atoms with Crippen LogP contribution in [0.2, 0.25) is 0 Å². The van der Waals surface area contributed by atoms with E-state index in [1.165, 1.54) is 5.56 Å². The summed E-state index contributed by atoms with van der Waals surface area (Å²) in [7, 11) is 0. The van der Waals surface area contributed by atoms with Gasteiger partial charge in [-0.15, -0.1) is 0 Å². The zero-order valence-electron chi connectivity index (χ0n) is 7.97. The molecule has 14 heavy (non-hydrogen) atoms. The second-order valence-electron chi connectivity index (χ2n) is 3.63. The van der Waals surface area contributed by atoms with Crippen molar-refractivity contribution in [3.05, 3.63) is 34.9 Å². The van der Waals surface area contributed by atoms with Crippen LogP contribution in [0.5, 0.6) is 0 Å². The maximum absolute atomic E-state index is 12.0. The molecule has 0 amide bonds. The highest BCUT2D eigenvalue weighted by Gasteiger charge is 2.25. The predicted molar refractivity (Wildman–Crippen MR) is 49.3 cm³/mol. The Morgan fingerprint density at radius 2 is 2.21 bits per heavy atom. The number of benzene rings is 1. The summed E-state index contributed by atoms with van der Waals surface area (Å²) < 4.78 is 28.6. The van der Waals surface area contributed by atoms with Crippen molar-refractivity contribution in [1.82, 2.24) is 0 Å². The highest BCUT2D eigenvalue weighted by molar-refractivity contribution is 5.36. The average molecular weight is 198 g/mol. The molecule has 1 aliphatic carbocycles. The number of aryl methyl sites for hydroxylation is 2. The van der Waals surface area contributed by atoms with Crippen LogP contribution in [-0.4, -0.2) is 6.61 Å². The molecular formula is C11H12F2O. The van der Waals surface area contributed by atoms with E-state index in [1.807, 2.05) is 25.1 Å². The van der Waals surface area contributed by atoms with Crippen LogP contribution in [0.4, 0.5) is 8.78 Å². The lowest BCUT2D eigenvalue weighted by Gasteiger charge is -2.11. The summed E-state index contributed by atoms with van der Waals surface area (Å²) in [4.78, 5) is 0. The van der Waals surface area contributed by atoms with Crippen molar-refractivity contribution < 1.29 is 13.5 Å². The number of ether oxygens (including phenoxy) is 1. The molecule has 0 fully saturated rings. The van der Waals surface area contributed by atoms with Gasteiger partial charge in [0.1, 0.15) is 0 Å². The molecule has 3 heteroatoms. The van der Waals surface area contributed by atoms with Crippen molar-refractivity contribution >= 4 is 0 Å². The van der Waals surface area contributed by atoms with E-state index in [1.54, 1.807) is 0 Å². The Kier molecular flexibility index (Phi) is 2.50. The van der Waals surface area contributed by atoms with Gasteiger partial charge in [0.2, 0.25) is 0 Å². The van der Waals surface area contributed by atoms with Gasteiger partial charge in [0.05, 0.1) is 6.10 Å². The van der Waals surface area contributed by atoms with Gasteiger partial charge < -0.3 is 4.74 Å². The van der Waals surface area contributed by atoms with Crippen molar-refractivity contribution in [2.45, 2.75) is 32.5 Å². The molecule has 0 radical (unpaired) electrons. The van der Waals surface area contributed by atoms with E-state index in [9.17, 15) is 8.78 Å². The Bertz CT molecular complexity index is 336. The third-order valence-corrected chi connectivity index (χ3v) is 2.59. The molecule has 1 aliphatic rings. The van der Waals surface area contributed by atoms with Gasteiger partial charge >= 0.3 is 6.61 Å². The van der Waals surface area contributed by atoms with Gasteiger partial charge in [-0.25, -0.2) is 0 Å². The minimum absolute atomic E-state index is 0.411. The molecule has 1 aromatic carbocycles. The number of rotatable bonds is 2. The molecular weight excluding hydrogens is 186 g/mol. The Morgan fingerprint density at radius 1 is 1.43 bits per heavy atom. The van der Waals surface area contributed by atoms with Crippen molar-refractivity contribution in [2.75, 3.05) is 0 Å². The summed E-state index contributed by atoms with van der Waals surface area (Å²) in [6, 6.07) is 5.88. The third kappa shape index (κ3) is 1.77. The van der Waals surface area contributed by atoms with Crippen LogP contribution in [0.3, 0.4) is 0 Å². The maximum atomic E-state index is 12.0. The van der Waals surface area contributed by atoms with Gasteiger partial charge in [-0.2, -0.15) is 8.78 Å². The fraction of sp³-hybridized carbons (Fsp3) is 0.455. The fourth-order valence-corrected chi connectivity index (χ4v) is 1.97. The van der Waals surface area contributed by atoms with E-state index in [4.69, 9.17) is 0 Å². The first-order valence-electron chi connectivity index (χ1n) is 4.70. The SMILES string of the molecule is Cc1ccc2c(c1)CCC2OC(F)F. The maximum Gasteiger partial charge on any atom is 0.345 e. The van der Waals surface area contributed by atoms with Gasteiger partial charge in [0.15, 0.2) is 0 Å². The number of fused-ring (bicyclic) bond motifs is 1. The minimum Gasteiger partial charge on any atom is -0.315 e. The molecule has 0 heterocycles. The van der Waals surface area contributed by atoms with Crippen molar-refractivity contribution in [2.24, 2.45) is 0 Å². The average Bonchev–Trinajstić information content (AvgIpc) is 2.47. The molecule has 1 atom stereocenters. The van der Waals surface area contributed by atoms with Crippen molar-refractivity contribution in [3.63, 3.8) is 0 Å². The molecule has 1 aromatic rings. The summed E-state index contributed by atoms with van der Waals surface area (Å²) in [6.45, 7) is -0.672. The zero-order valence-corrected chi connectivity index (χ0v) is 7.97. The van der Waals surface area contributed by atoms with E-state index in [0.29, 0.717) is 6.42 Å². The molecule has 0 N–H and O–H groups in total. The lowest BCUT2D eigenvalue weighted by molar-refractivity contribution is -0.164. The zero-order chi connectivity index (χ0) is 10.1. The first-order valence-corrected chi connectivity index (χ1v) is 4.70. The first-order chi connectivity index (χ1) is 6.66. The highest BCUT2D eigenvalue weighted by atomic mass is 19.3. The van der Waals surface area contributed by atoms with Crippen molar-refractivity contribution in [1.29, 1.82) is 0 Å². The molecule has 2 rings (SSSR count). The molecule has 0 bridgehead atoms. The first kappa shape index (κ1) is 9.59. The van der Waals surface area contributed by atoms with E-state index in [0.717, 1.165) is 17.5 Å². The molecule has 0 aliphatic heterocycles. The molecule has 1 unspecified atom stereocenters. The normalized spacial score (nSPS) is 20.1. The minimum atomic E-state index is -2.67. The molecule has 1 nitrogen and oxygen atoms in total. The van der Waals surface area contributed by atoms with Gasteiger partial charge in [-0.3, -0.25) is 0 Å². The van der Waals surface area contributed by atoms with Gasteiger partial charge in [-0.1, -0.05) is 23.8 Å². The lowest BCUT2D eigenvalue weighted by atomic mass is 10.1. The largest absolute Gasteiger partial charge is 0.345 e. The quantitative estimate of drug-likeness (QED) is 0.709. The molecule has 0 spiro atoms. The second-order valence-corrected chi connectivity index (χ2v) is 3.63. The Labute approximate surface area is 81.7 Å². The summed E-state index contributed by atoms with van der Waals surface area (Å²) >= 11 is 0. The van der Waals surface area contributed by atoms with Crippen LogP contribution < -0.4 is 0 Å². The second kappa shape index (κ2) is 3.65. The molecule has 76 valence electrons. The van der Waals surface area contributed by atoms with E-state index in [-0.39, 0.29) is 0 Å². The smallest absolute Gasteiger partial charge is 0.315 e. The number of hydrogen-bond acceptors (Lipinski definition) is 1. The highest BCUT2D eigenvalue weighted by Crippen LogP contribution is 2.35. The molecule has 0 saturated carbocycles. The molecule has 0 aromatic heterocycles. The molecule has 0 saturated heterocycles. The summed E-state index contributed by atoms with van der Waals surface area (Å²) in [6.07, 6.45) is 1.10. The Morgan fingerprint density at radius 3 is 2.93 bits per heavy atom. The fourth-order valence-electron chi connectivity index (χ4n) is 1.97. The summed E-state index contributed by atoms with van der Waals surface area (Å²) in [5.74, 6) is 0. The van der Waals surface area contributed by atoms with Crippen LogP contribution in [0.1, 0.15) is 29.2 Å². The van der Waals surface area contributed by atoms with Crippen molar-refractivity contribution in [3.8, 4) is 0 Å². The summed E-state index contributed by atoms with van der Waals surface area (Å²) in [5.41, 5.74) is 3.24. The van der Waals surface area contributed by atoms with Gasteiger partial charge in [-0.05, 0) is 30.9 Å². The van der Waals surface area contributed by atoms with E-state index >= 15 is 0 Å². The van der Waals surface area contributed by atoms with Crippen LogP contribution in [-0.2, 0) is 11.2 Å². The monoisotopic (exact) mass is 198 g/mol. The number of hydrogen-bond donors (Lipinski definition) is 0. The van der Waals surface area contributed by atoms with Crippen LogP contribution >= 0.6 is 0 Å². The van der Waals surface area contributed by atoms with Gasteiger partial charge in [0.25, 0.3) is 0 Å². The topological polar surface area (TPSA) is 9.23 Å². The number of halogens is 2. The number of alkyl halides is 2. The van der Waals surface area contributed by atoms with Crippen LogP contribution in [0.25, 0.3) is 0 Å². The lowest BCUT2D eigenvalue weighted by Crippen LogP contribution is -2.05. The third-order valence-electron chi connectivity index (χ3n) is 2.59. The van der Waals surface area contributed by atoms with E-state index < -0.39 is 12.7 Å². The summed E-state index contributed by atoms with van der Waals surface area (Å²) in [5, 5.41) is 0. The van der Waals surface area contributed by atoms with Crippen LogP contribution in [0.15, 0.2) is 18.2 Å². The standard InChI is InChI=1S/C11H12F2O/c1-7-2-4-9-8(6-7)3-5-10(9)14-11(12)13/h2,4,6,10-11H,3,5H2,1H3. The van der Waals surface area contributed by atoms with E-state index in [2.05, 4.69) is 4.74 Å². The predicted octanol–water partition coefficient (Wildman–Crippen LogP) is 3.22. The van der Waals surface area contributed by atoms with Gasteiger partial charge in [0, 0.05) is 0 Å².